The zero-order valence-corrected chi connectivity index (χ0v) is 14.4. The molecule has 2 rings (SSSR count). The summed E-state index contributed by atoms with van der Waals surface area (Å²) in [6, 6.07) is 0. The number of aromatic amines is 1. The maximum atomic E-state index is 11.9. The molecule has 0 spiro atoms. The van der Waals surface area contributed by atoms with Crippen molar-refractivity contribution >= 4 is 15.4 Å². The fraction of sp³-hybridized carbons (Fsp3) is 0.600. The first-order valence-corrected chi connectivity index (χ1v) is 9.95. The SMILES string of the molecule is Cc1cn([C@H]2C[C@H](OP(=O)(O)O)[C@@H](C(O)P(=O)(O)O)O2)c(=O)[nH]c1=O. The van der Waals surface area contributed by atoms with Gasteiger partial charge in [0.15, 0.2) is 5.85 Å². The van der Waals surface area contributed by atoms with Crippen LogP contribution >= 0.6 is 15.4 Å². The van der Waals surface area contributed by atoms with Crippen molar-refractivity contribution in [3.05, 3.63) is 32.6 Å². The van der Waals surface area contributed by atoms with Gasteiger partial charge in [0.05, 0.1) is 0 Å². The zero-order valence-electron chi connectivity index (χ0n) is 12.6. The van der Waals surface area contributed by atoms with Crippen LogP contribution in [-0.4, -0.2) is 52.3 Å². The molecule has 1 fully saturated rings. The summed E-state index contributed by atoms with van der Waals surface area (Å²) in [5.41, 5.74) is -1.45. The average Bonchev–Trinajstić information content (AvgIpc) is 2.82. The molecule has 0 aromatic carbocycles. The number of nitrogens with one attached hydrogen (secondary N) is 1. The number of hydrogen-bond donors (Lipinski definition) is 6. The predicted octanol–water partition coefficient (Wildman–Crippen LogP) is -1.89. The molecule has 2 heterocycles. The monoisotopic (exact) mass is 402 g/mol. The highest BCUT2D eigenvalue weighted by Gasteiger charge is 2.49. The van der Waals surface area contributed by atoms with Crippen molar-refractivity contribution in [1.29, 1.82) is 0 Å². The number of aliphatic hydroxyl groups is 1. The van der Waals surface area contributed by atoms with Gasteiger partial charge in [-0.25, -0.2) is 9.36 Å². The van der Waals surface area contributed by atoms with Gasteiger partial charge >= 0.3 is 21.1 Å². The standard InChI is InChI=1S/C10H16N2O11P2/c1-4-3-12(10(15)11-8(4)13)6-2-5(23-25(19,20)21)7(22-6)9(14)24(16,17)18/h3,5-7,9,14H,2H2,1H3,(H,11,13,15)(H2,16,17,18)(H2,19,20,21)/t5-,6+,7-,9?/m0/s1. The molecule has 4 atom stereocenters. The number of aromatic nitrogens is 2. The molecular weight excluding hydrogens is 386 g/mol. The van der Waals surface area contributed by atoms with Crippen molar-refractivity contribution < 1.29 is 43.1 Å². The third-order valence-corrected chi connectivity index (χ3v) is 5.01. The number of hydrogen-bond acceptors (Lipinski definition) is 7. The van der Waals surface area contributed by atoms with E-state index in [1.807, 2.05) is 4.98 Å². The Morgan fingerprint density at radius 3 is 2.44 bits per heavy atom. The van der Waals surface area contributed by atoms with Crippen LogP contribution in [0.25, 0.3) is 0 Å². The second kappa shape index (κ2) is 6.88. The molecule has 0 radical (unpaired) electrons. The lowest BCUT2D eigenvalue weighted by Gasteiger charge is -2.24. The number of phosphoric acid groups is 1. The molecule has 6 N–H and O–H groups in total. The Morgan fingerprint density at radius 2 is 1.92 bits per heavy atom. The molecule has 1 saturated heterocycles. The Morgan fingerprint density at radius 1 is 1.32 bits per heavy atom. The van der Waals surface area contributed by atoms with Crippen molar-refractivity contribution in [2.75, 3.05) is 0 Å². The number of aryl methyl sites for hydroxylation is 1. The fourth-order valence-electron chi connectivity index (χ4n) is 2.37. The van der Waals surface area contributed by atoms with Gasteiger partial charge in [-0.1, -0.05) is 0 Å². The highest BCUT2D eigenvalue weighted by Crippen LogP contribution is 2.50. The van der Waals surface area contributed by atoms with E-state index in [4.69, 9.17) is 24.3 Å². The van der Waals surface area contributed by atoms with Crippen LogP contribution in [0.4, 0.5) is 0 Å². The summed E-state index contributed by atoms with van der Waals surface area (Å²) in [6.45, 7) is 1.38. The third-order valence-electron chi connectivity index (χ3n) is 3.48. The van der Waals surface area contributed by atoms with Crippen molar-refractivity contribution in [3.63, 3.8) is 0 Å². The summed E-state index contributed by atoms with van der Waals surface area (Å²) in [5, 5.41) is 9.72. The van der Waals surface area contributed by atoms with Crippen LogP contribution in [0.3, 0.4) is 0 Å². The average molecular weight is 402 g/mol. The van der Waals surface area contributed by atoms with Crippen molar-refractivity contribution in [1.82, 2.24) is 9.55 Å². The summed E-state index contributed by atoms with van der Waals surface area (Å²) in [4.78, 5) is 61.2. The summed E-state index contributed by atoms with van der Waals surface area (Å²) in [5.74, 6) is -2.44. The highest BCUT2D eigenvalue weighted by atomic mass is 31.2. The molecule has 0 aliphatic carbocycles. The molecule has 25 heavy (non-hydrogen) atoms. The lowest BCUT2D eigenvalue weighted by Crippen LogP contribution is -2.36. The van der Waals surface area contributed by atoms with Gasteiger partial charge in [-0.3, -0.25) is 23.4 Å². The second-order valence-electron chi connectivity index (χ2n) is 5.41. The van der Waals surface area contributed by atoms with Crippen LogP contribution in [0, 0.1) is 6.92 Å². The molecule has 1 aromatic heterocycles. The molecule has 15 heteroatoms. The minimum Gasteiger partial charge on any atom is -0.378 e. The van der Waals surface area contributed by atoms with Gasteiger partial charge in [0.25, 0.3) is 5.56 Å². The van der Waals surface area contributed by atoms with Gasteiger partial charge in [-0.05, 0) is 6.92 Å². The first-order valence-electron chi connectivity index (χ1n) is 6.74. The van der Waals surface area contributed by atoms with E-state index in [0.29, 0.717) is 0 Å². The van der Waals surface area contributed by atoms with E-state index in [2.05, 4.69) is 4.52 Å². The number of rotatable bonds is 5. The van der Waals surface area contributed by atoms with Crippen LogP contribution in [0.2, 0.25) is 0 Å². The maximum Gasteiger partial charge on any atom is 0.469 e. The molecular formula is C10H16N2O11P2. The van der Waals surface area contributed by atoms with Crippen LogP contribution in [-0.2, 0) is 18.4 Å². The minimum atomic E-state index is -5.10. The first-order chi connectivity index (χ1) is 11.3. The molecule has 0 bridgehead atoms. The van der Waals surface area contributed by atoms with Gasteiger partial charge < -0.3 is 29.4 Å². The van der Waals surface area contributed by atoms with Crippen LogP contribution in [0.1, 0.15) is 18.2 Å². The Labute approximate surface area is 139 Å². The lowest BCUT2D eigenvalue weighted by molar-refractivity contribution is -0.0636. The van der Waals surface area contributed by atoms with Crippen molar-refractivity contribution in [2.45, 2.75) is 37.6 Å². The molecule has 1 unspecified atom stereocenters. The Bertz CT molecular complexity index is 851. The van der Waals surface area contributed by atoms with Crippen LogP contribution in [0.5, 0.6) is 0 Å². The van der Waals surface area contributed by atoms with Gasteiger partial charge in [-0.2, -0.15) is 0 Å². The summed E-state index contributed by atoms with van der Waals surface area (Å²) in [6.07, 6.45) is -4.04. The summed E-state index contributed by atoms with van der Waals surface area (Å²) < 4.78 is 32.8. The Hall–Kier alpha value is -1.14. The second-order valence-corrected chi connectivity index (χ2v) is 8.31. The lowest BCUT2D eigenvalue weighted by atomic mass is 10.2. The number of nitrogens with zero attached hydrogens (tertiary/aromatic N) is 1. The van der Waals surface area contributed by atoms with E-state index in [1.165, 1.54) is 6.92 Å². The van der Waals surface area contributed by atoms with Gasteiger partial charge in [0.1, 0.15) is 18.4 Å². The van der Waals surface area contributed by atoms with E-state index in [1.54, 1.807) is 0 Å². The molecule has 0 amide bonds. The molecule has 1 aliphatic heterocycles. The van der Waals surface area contributed by atoms with E-state index in [9.17, 15) is 23.8 Å². The summed E-state index contributed by atoms with van der Waals surface area (Å²) >= 11 is 0. The normalized spacial score (nSPS) is 25.9. The number of ether oxygens (including phenoxy) is 1. The molecule has 1 aromatic rings. The third kappa shape index (κ3) is 4.73. The molecule has 0 saturated carbocycles. The van der Waals surface area contributed by atoms with Crippen molar-refractivity contribution in [2.24, 2.45) is 0 Å². The largest absolute Gasteiger partial charge is 0.469 e. The Kier molecular flexibility index (Phi) is 5.55. The molecule has 1 aliphatic rings. The zero-order chi connectivity index (χ0) is 19.2. The number of aliphatic hydroxyl groups excluding tert-OH is 1. The van der Waals surface area contributed by atoms with Gasteiger partial charge in [-0.15, -0.1) is 0 Å². The van der Waals surface area contributed by atoms with Crippen LogP contribution < -0.4 is 11.2 Å². The van der Waals surface area contributed by atoms with E-state index in [0.717, 1.165) is 10.8 Å². The van der Waals surface area contributed by atoms with Crippen molar-refractivity contribution in [3.8, 4) is 0 Å². The van der Waals surface area contributed by atoms with Crippen LogP contribution in [0.15, 0.2) is 15.8 Å². The van der Waals surface area contributed by atoms with Gasteiger partial charge in [0.2, 0.25) is 0 Å². The number of H-pyrrole nitrogens is 1. The molecule has 13 nitrogen and oxygen atoms in total. The van der Waals surface area contributed by atoms with Gasteiger partial charge in [0, 0.05) is 18.2 Å². The fourth-order valence-corrected chi connectivity index (χ4v) is 3.57. The smallest absolute Gasteiger partial charge is 0.378 e. The number of phosphoric ester groups is 1. The molecule has 142 valence electrons. The van der Waals surface area contributed by atoms with E-state index < -0.39 is 57.4 Å². The Balaban J connectivity index is 2.40. The topological polar surface area (TPSA) is 209 Å². The highest BCUT2D eigenvalue weighted by molar-refractivity contribution is 7.52. The first kappa shape index (κ1) is 20.2. The predicted molar refractivity (Wildman–Crippen MR) is 79.6 cm³/mol. The maximum absolute atomic E-state index is 11.9. The van der Waals surface area contributed by atoms with E-state index in [-0.39, 0.29) is 5.56 Å². The minimum absolute atomic E-state index is 0.120. The quantitative estimate of drug-likeness (QED) is 0.300. The summed E-state index contributed by atoms with van der Waals surface area (Å²) in [7, 11) is -10.2. The van der Waals surface area contributed by atoms with E-state index >= 15 is 0 Å².